The first-order valence-electron chi connectivity index (χ1n) is 12.3. The topological polar surface area (TPSA) is 58.8 Å². The van der Waals surface area contributed by atoms with Crippen LogP contribution in [0.15, 0.2) is 42.5 Å². The monoisotopic (exact) mass is 505 g/mol. The van der Waals surface area contributed by atoms with E-state index in [1.807, 2.05) is 50.2 Å². The molecule has 2 aliphatic heterocycles. The molecular formula is C27H37Cl2N3O2. The zero-order valence-corrected chi connectivity index (χ0v) is 21.8. The highest BCUT2D eigenvalue weighted by molar-refractivity contribution is 6.32. The van der Waals surface area contributed by atoms with Crippen molar-refractivity contribution in [3.05, 3.63) is 58.1 Å². The molecule has 2 aromatic rings. The summed E-state index contributed by atoms with van der Waals surface area (Å²) in [6.07, 6.45) is 6.05. The van der Waals surface area contributed by atoms with Gasteiger partial charge in [-0.25, -0.2) is 0 Å². The second-order valence-electron chi connectivity index (χ2n) is 9.39. The lowest BCUT2D eigenvalue weighted by Crippen LogP contribution is -2.27. The molecule has 2 aromatic carbocycles. The number of rotatable bonds is 8. The van der Waals surface area contributed by atoms with E-state index in [0.717, 1.165) is 47.4 Å². The molecular weight excluding hydrogens is 469 g/mol. The van der Waals surface area contributed by atoms with Crippen molar-refractivity contribution in [1.82, 2.24) is 4.90 Å². The molecule has 1 atom stereocenters. The van der Waals surface area contributed by atoms with E-state index in [1.54, 1.807) is 0 Å². The van der Waals surface area contributed by atoms with Crippen LogP contribution in [0.4, 0.5) is 5.69 Å². The molecule has 2 saturated heterocycles. The number of primary amides is 1. The number of hydrogen-bond acceptors (Lipinski definition) is 4. The minimum Gasteiger partial charge on any atom is -0.489 e. The first kappa shape index (κ1) is 26.7. The average molecular weight is 507 g/mol. The summed E-state index contributed by atoms with van der Waals surface area (Å²) in [5, 5.41) is 1.46. The molecule has 0 aromatic heterocycles. The largest absolute Gasteiger partial charge is 0.489 e. The first-order chi connectivity index (χ1) is 16.3. The number of carbonyl (C=O) groups excluding carboxylic acids is 1. The van der Waals surface area contributed by atoms with Gasteiger partial charge in [-0.2, -0.15) is 0 Å². The zero-order valence-electron chi connectivity index (χ0n) is 20.3. The number of amides is 1. The number of carbonyl (C=O) groups is 1. The van der Waals surface area contributed by atoms with Crippen molar-refractivity contribution >= 4 is 34.8 Å². The van der Waals surface area contributed by atoms with Gasteiger partial charge in [0.2, 0.25) is 5.91 Å². The van der Waals surface area contributed by atoms with Crippen LogP contribution in [0, 0.1) is 5.92 Å². The van der Waals surface area contributed by atoms with Crippen LogP contribution in [0.1, 0.15) is 45.1 Å². The average Bonchev–Trinajstić information content (AvgIpc) is 3.49. The Bertz CT molecular complexity index is 915. The van der Waals surface area contributed by atoms with Gasteiger partial charge >= 0.3 is 0 Å². The molecule has 0 bridgehead atoms. The van der Waals surface area contributed by atoms with Gasteiger partial charge < -0.3 is 20.3 Å². The maximum Gasteiger partial charge on any atom is 0.222 e. The van der Waals surface area contributed by atoms with E-state index in [1.165, 1.54) is 44.5 Å². The number of ether oxygens (including phenoxy) is 1. The highest BCUT2D eigenvalue weighted by atomic mass is 35.5. The lowest BCUT2D eigenvalue weighted by Gasteiger charge is -2.17. The molecule has 5 nitrogen and oxygen atoms in total. The van der Waals surface area contributed by atoms with Crippen molar-refractivity contribution in [1.29, 1.82) is 0 Å². The van der Waals surface area contributed by atoms with Gasteiger partial charge in [0, 0.05) is 23.8 Å². The van der Waals surface area contributed by atoms with Gasteiger partial charge in [-0.15, -0.1) is 0 Å². The number of anilines is 1. The second kappa shape index (κ2) is 13.2. The molecule has 0 radical (unpaired) electrons. The molecule has 186 valence electrons. The molecule has 1 amide bonds. The molecule has 2 aliphatic rings. The summed E-state index contributed by atoms with van der Waals surface area (Å²) < 4.78 is 5.65. The Hall–Kier alpha value is -1.95. The number of nitrogens with two attached hydrogens (primary N) is 1. The molecule has 1 unspecified atom stereocenters. The van der Waals surface area contributed by atoms with Gasteiger partial charge in [0.25, 0.3) is 0 Å². The summed E-state index contributed by atoms with van der Waals surface area (Å²) in [7, 11) is 0. The summed E-state index contributed by atoms with van der Waals surface area (Å²) in [5.74, 6) is 0.576. The van der Waals surface area contributed by atoms with Crippen molar-refractivity contribution in [2.45, 2.75) is 52.1 Å². The third kappa shape index (κ3) is 8.37. The van der Waals surface area contributed by atoms with Crippen LogP contribution >= 0.6 is 23.2 Å². The van der Waals surface area contributed by atoms with Crippen LogP contribution in [0.3, 0.4) is 0 Å². The standard InChI is InChI=1S/C16H24ClNO.C11H13ClN2O/c1-13(2)19-16-8-7-14(12-15(16)17)6-5-11-18-9-3-4-10-18;12-9-1-3-10(4-2-9)14-6-5-8(7-14)11(13)15/h7-8,12-13H,3-6,9-11H2,1-2H3;1-4,8H,5-7H2,(H2,13,15). The van der Waals surface area contributed by atoms with Crippen molar-refractivity contribution in [3.8, 4) is 5.75 Å². The molecule has 0 saturated carbocycles. The predicted molar refractivity (Wildman–Crippen MR) is 142 cm³/mol. The minimum absolute atomic E-state index is 0.0133. The number of nitrogens with zero attached hydrogens (tertiary/aromatic N) is 2. The van der Waals surface area contributed by atoms with Crippen LogP contribution in [-0.4, -0.2) is 49.6 Å². The van der Waals surface area contributed by atoms with Crippen molar-refractivity contribution in [2.24, 2.45) is 11.7 Å². The maximum absolute atomic E-state index is 11.0. The number of benzene rings is 2. The number of likely N-dealkylation sites (tertiary alicyclic amines) is 1. The molecule has 0 aliphatic carbocycles. The normalized spacial score (nSPS) is 18.1. The second-order valence-corrected chi connectivity index (χ2v) is 10.2. The molecule has 4 rings (SSSR count). The van der Waals surface area contributed by atoms with Gasteiger partial charge in [0.15, 0.2) is 0 Å². The lowest BCUT2D eigenvalue weighted by atomic mass is 10.1. The Morgan fingerprint density at radius 2 is 1.79 bits per heavy atom. The van der Waals surface area contributed by atoms with Gasteiger partial charge in [-0.3, -0.25) is 4.79 Å². The summed E-state index contributed by atoms with van der Waals surface area (Å²) >= 11 is 12.0. The van der Waals surface area contributed by atoms with E-state index in [-0.39, 0.29) is 17.9 Å². The van der Waals surface area contributed by atoms with Crippen LogP contribution in [-0.2, 0) is 11.2 Å². The molecule has 2 fully saturated rings. The fraction of sp³-hybridized carbons (Fsp3) is 0.519. The van der Waals surface area contributed by atoms with E-state index < -0.39 is 0 Å². The van der Waals surface area contributed by atoms with E-state index in [9.17, 15) is 4.79 Å². The maximum atomic E-state index is 11.0. The van der Waals surface area contributed by atoms with Crippen molar-refractivity contribution in [3.63, 3.8) is 0 Å². The van der Waals surface area contributed by atoms with E-state index in [0.29, 0.717) is 0 Å². The predicted octanol–water partition coefficient (Wildman–Crippen LogP) is 5.81. The third-order valence-corrected chi connectivity index (χ3v) is 6.83. The third-order valence-electron chi connectivity index (χ3n) is 6.28. The van der Waals surface area contributed by atoms with Gasteiger partial charge in [-0.05, 0) is 108 Å². The van der Waals surface area contributed by atoms with Crippen molar-refractivity contribution in [2.75, 3.05) is 37.6 Å². The molecule has 2 heterocycles. The van der Waals surface area contributed by atoms with Crippen LogP contribution < -0.4 is 15.4 Å². The zero-order chi connectivity index (χ0) is 24.5. The highest BCUT2D eigenvalue weighted by Gasteiger charge is 2.26. The smallest absolute Gasteiger partial charge is 0.222 e. The van der Waals surface area contributed by atoms with Gasteiger partial charge in [-0.1, -0.05) is 29.3 Å². The SMILES string of the molecule is CC(C)Oc1ccc(CCCN2CCCC2)cc1Cl.NC(=O)C1CCN(c2ccc(Cl)cc2)C1. The van der Waals surface area contributed by atoms with E-state index >= 15 is 0 Å². The first-order valence-corrected chi connectivity index (χ1v) is 13.0. The fourth-order valence-corrected chi connectivity index (χ4v) is 4.81. The Balaban J connectivity index is 0.000000196. The number of halogens is 2. The molecule has 7 heteroatoms. The number of aryl methyl sites for hydroxylation is 1. The molecule has 34 heavy (non-hydrogen) atoms. The van der Waals surface area contributed by atoms with E-state index in [4.69, 9.17) is 33.7 Å². The molecule has 2 N–H and O–H groups in total. The Morgan fingerprint density at radius 1 is 1.09 bits per heavy atom. The highest BCUT2D eigenvalue weighted by Crippen LogP contribution is 2.27. The van der Waals surface area contributed by atoms with Gasteiger partial charge in [0.1, 0.15) is 5.75 Å². The van der Waals surface area contributed by atoms with Crippen LogP contribution in [0.2, 0.25) is 10.0 Å². The summed E-state index contributed by atoms with van der Waals surface area (Å²) in [4.78, 5) is 15.7. The van der Waals surface area contributed by atoms with Crippen LogP contribution in [0.5, 0.6) is 5.75 Å². The lowest BCUT2D eigenvalue weighted by molar-refractivity contribution is -0.121. The number of hydrogen-bond donors (Lipinski definition) is 1. The van der Waals surface area contributed by atoms with Crippen molar-refractivity contribution < 1.29 is 9.53 Å². The summed E-state index contributed by atoms with van der Waals surface area (Å²) in [6.45, 7) is 9.40. The summed E-state index contributed by atoms with van der Waals surface area (Å²) in [5.41, 5.74) is 7.68. The minimum atomic E-state index is -0.202. The summed E-state index contributed by atoms with van der Waals surface area (Å²) in [6, 6.07) is 13.8. The molecule has 0 spiro atoms. The van der Waals surface area contributed by atoms with Crippen LogP contribution in [0.25, 0.3) is 0 Å². The van der Waals surface area contributed by atoms with Gasteiger partial charge in [0.05, 0.1) is 17.0 Å². The Kier molecular flexibility index (Phi) is 10.4. The quantitative estimate of drug-likeness (QED) is 0.491. The Labute approximate surface area is 214 Å². The Morgan fingerprint density at radius 3 is 2.38 bits per heavy atom. The van der Waals surface area contributed by atoms with E-state index in [2.05, 4.69) is 15.9 Å². The fourth-order valence-electron chi connectivity index (χ4n) is 4.44.